The molecule has 3 heterocycles. The molecule has 0 saturated carbocycles. The fraction of sp³-hybridized carbons (Fsp3) is 0.296. The Kier molecular flexibility index (Phi) is 8.85. The lowest BCUT2D eigenvalue weighted by Crippen LogP contribution is -2.25. The van der Waals surface area contributed by atoms with Gasteiger partial charge in [-0.25, -0.2) is 4.98 Å². The van der Waals surface area contributed by atoms with Gasteiger partial charge in [-0.2, -0.15) is 4.98 Å². The highest BCUT2D eigenvalue weighted by Crippen LogP contribution is 2.25. The molecule has 2 aromatic carbocycles. The van der Waals surface area contributed by atoms with Crippen LogP contribution < -0.4 is 25.4 Å². The number of benzene rings is 2. The summed E-state index contributed by atoms with van der Waals surface area (Å²) in [7, 11) is 5.40. The molecule has 1 aliphatic heterocycles. The van der Waals surface area contributed by atoms with Gasteiger partial charge in [0.1, 0.15) is 23.4 Å². The van der Waals surface area contributed by atoms with Crippen LogP contribution in [0.4, 0.5) is 23.1 Å². The third-order valence-electron chi connectivity index (χ3n) is 5.40. The summed E-state index contributed by atoms with van der Waals surface area (Å²) in [6.45, 7) is 1.52. The zero-order valence-electron chi connectivity index (χ0n) is 20.8. The monoisotopic (exact) mass is 492 g/mol. The van der Waals surface area contributed by atoms with Crippen LogP contribution in [0.5, 0.6) is 11.5 Å². The Balaban J connectivity index is 0.000000969. The largest absolute Gasteiger partial charge is 0.497 e. The predicted octanol–water partition coefficient (Wildman–Crippen LogP) is 5.41. The molecule has 192 valence electrons. The van der Waals surface area contributed by atoms with Crippen LogP contribution in [0, 0.1) is 0 Å². The summed E-state index contributed by atoms with van der Waals surface area (Å²) in [5, 5.41) is 10.3. The molecule has 0 atom stereocenters. The normalized spacial score (nSPS) is 13.4. The van der Waals surface area contributed by atoms with Gasteiger partial charge in [-0.05, 0) is 62.6 Å². The van der Waals surface area contributed by atoms with Crippen LogP contribution in [0.25, 0.3) is 10.9 Å². The molecule has 0 aliphatic carbocycles. The Morgan fingerprint density at radius 2 is 1.64 bits per heavy atom. The quantitative estimate of drug-likeness (QED) is 0.313. The molecule has 4 aromatic rings. The van der Waals surface area contributed by atoms with E-state index in [0.717, 1.165) is 59.8 Å². The minimum absolute atomic E-state index is 0. The third-order valence-corrected chi connectivity index (χ3v) is 5.40. The van der Waals surface area contributed by atoms with E-state index in [4.69, 9.17) is 14.2 Å². The van der Waals surface area contributed by atoms with Crippen LogP contribution in [0.3, 0.4) is 0 Å². The lowest BCUT2D eigenvalue weighted by Gasteiger charge is -2.23. The molecule has 36 heavy (non-hydrogen) atoms. The molecular weight excluding hydrogens is 456 g/mol. The Hall–Kier alpha value is -3.95. The van der Waals surface area contributed by atoms with E-state index >= 15 is 0 Å². The van der Waals surface area contributed by atoms with E-state index in [1.54, 1.807) is 19.5 Å². The topological polar surface area (TPSA) is 102 Å². The van der Waals surface area contributed by atoms with Crippen LogP contribution >= 0.6 is 0 Å². The lowest BCUT2D eigenvalue weighted by atomic mass is 10.1. The van der Waals surface area contributed by atoms with E-state index < -0.39 is 0 Å². The molecule has 9 heteroatoms. The maximum Gasteiger partial charge on any atom is 0.229 e. The van der Waals surface area contributed by atoms with Crippen molar-refractivity contribution in [2.75, 3.05) is 45.1 Å². The van der Waals surface area contributed by atoms with E-state index in [1.807, 2.05) is 68.7 Å². The van der Waals surface area contributed by atoms with E-state index in [2.05, 4.69) is 30.9 Å². The molecule has 0 amide bonds. The second kappa shape index (κ2) is 12.7. The van der Waals surface area contributed by atoms with Crippen LogP contribution in [-0.2, 0) is 4.74 Å². The second-order valence-electron chi connectivity index (χ2n) is 8.25. The molecule has 1 fully saturated rings. The maximum absolute atomic E-state index is 6.03. The van der Waals surface area contributed by atoms with Crippen molar-refractivity contribution >= 4 is 34.0 Å². The first-order valence-corrected chi connectivity index (χ1v) is 11.9. The van der Waals surface area contributed by atoms with Crippen LogP contribution in [0.15, 0.2) is 67.0 Å². The molecule has 3 N–H and O–H groups in total. The molecule has 0 unspecified atom stereocenters. The minimum Gasteiger partial charge on any atom is -0.497 e. The number of ether oxygens (including phenoxy) is 3. The smallest absolute Gasteiger partial charge is 0.229 e. The zero-order valence-corrected chi connectivity index (χ0v) is 20.8. The number of pyridine rings is 1. The molecule has 0 bridgehead atoms. The Labute approximate surface area is 214 Å². The van der Waals surface area contributed by atoms with Crippen LogP contribution in [0.1, 0.15) is 15.7 Å². The van der Waals surface area contributed by atoms with Crippen LogP contribution in [0.2, 0.25) is 0 Å². The van der Waals surface area contributed by atoms with Gasteiger partial charge in [0.15, 0.2) is 0 Å². The highest BCUT2D eigenvalue weighted by atomic mass is 16.5. The maximum atomic E-state index is 6.03. The molecule has 0 radical (unpaired) electrons. The number of nitrogens with zero attached hydrogens (tertiary/aromatic N) is 3. The van der Waals surface area contributed by atoms with Crippen molar-refractivity contribution in [3.05, 3.63) is 67.0 Å². The van der Waals surface area contributed by atoms with Crippen molar-refractivity contribution < 1.29 is 17.1 Å². The number of aromatic nitrogens is 3. The highest BCUT2D eigenvalue weighted by molar-refractivity contribution is 5.83. The number of hydrogen-bond donors (Lipinski definition) is 3. The zero-order chi connectivity index (χ0) is 25.2. The van der Waals surface area contributed by atoms with Gasteiger partial charge in [0.2, 0.25) is 5.95 Å². The molecule has 5 rings (SSSR count). The van der Waals surface area contributed by atoms with Gasteiger partial charge in [0.05, 0.1) is 37.7 Å². The number of methoxy groups -OCH3 is 1. The first-order valence-electron chi connectivity index (χ1n) is 11.9. The fourth-order valence-corrected chi connectivity index (χ4v) is 3.67. The number of fused-ring (bicyclic) bond motifs is 1. The van der Waals surface area contributed by atoms with Gasteiger partial charge in [-0.15, -0.1) is 0 Å². The average Bonchev–Trinajstić information content (AvgIpc) is 2.91. The number of hydrogen-bond acceptors (Lipinski definition) is 9. The van der Waals surface area contributed by atoms with Crippen molar-refractivity contribution in [2.24, 2.45) is 0 Å². The number of nitrogens with one attached hydrogen (secondary N) is 3. The Bertz CT molecular complexity index is 1260. The van der Waals surface area contributed by atoms with Crippen molar-refractivity contribution in [2.45, 2.75) is 18.9 Å². The summed E-state index contributed by atoms with van der Waals surface area (Å²) in [5.74, 6) is 2.80. The standard InChI is InChI=1S/C25H25N5O3.C2H7N.2H2/c1-31-22-5-2-17-14-19(16-27-23(17)15-22)28-24-8-11-26-25(30-24)29-18-3-6-20(7-4-18)33-21-9-12-32-13-10-21;1-3-2;;/h2-8,11,14-16,21H,9-10,12-13H2,1H3,(H2,26,28,29,30);3H,1-2H3;2*1H. The first-order chi connectivity index (χ1) is 17.7. The summed E-state index contributed by atoms with van der Waals surface area (Å²) in [6.07, 6.45) is 5.55. The first kappa shape index (κ1) is 25.2. The predicted molar refractivity (Wildman–Crippen MR) is 147 cm³/mol. The molecule has 1 aliphatic rings. The van der Waals surface area contributed by atoms with Crippen molar-refractivity contribution in [1.82, 2.24) is 20.3 Å². The van der Waals surface area contributed by atoms with E-state index in [-0.39, 0.29) is 8.96 Å². The minimum atomic E-state index is 0. The molecule has 9 nitrogen and oxygen atoms in total. The SMILES string of the molecule is CNC.COc1ccc2cc(Nc3ccnc(Nc4ccc(OC5CCOCC5)cc4)n3)cnc2c1.[HH].[HH]. The molecular formula is C27H36N6O3. The number of rotatable bonds is 7. The molecule has 2 aromatic heterocycles. The fourth-order valence-electron chi connectivity index (χ4n) is 3.67. The van der Waals surface area contributed by atoms with Gasteiger partial charge in [-0.3, -0.25) is 4.98 Å². The Morgan fingerprint density at radius 3 is 2.39 bits per heavy atom. The summed E-state index contributed by atoms with van der Waals surface area (Å²) >= 11 is 0. The third kappa shape index (κ3) is 7.03. The summed E-state index contributed by atoms with van der Waals surface area (Å²) in [4.78, 5) is 13.4. The van der Waals surface area contributed by atoms with E-state index in [1.165, 1.54) is 0 Å². The van der Waals surface area contributed by atoms with E-state index in [0.29, 0.717) is 11.8 Å². The van der Waals surface area contributed by atoms with Crippen molar-refractivity contribution in [3.8, 4) is 11.5 Å². The van der Waals surface area contributed by atoms with Crippen molar-refractivity contribution in [1.29, 1.82) is 0 Å². The van der Waals surface area contributed by atoms with E-state index in [9.17, 15) is 0 Å². The second-order valence-corrected chi connectivity index (χ2v) is 8.25. The highest BCUT2D eigenvalue weighted by Gasteiger charge is 2.15. The van der Waals surface area contributed by atoms with Gasteiger partial charge >= 0.3 is 0 Å². The number of anilines is 4. The van der Waals surface area contributed by atoms with Crippen LogP contribution in [-0.4, -0.2) is 55.5 Å². The average molecular weight is 493 g/mol. The van der Waals surface area contributed by atoms with Crippen molar-refractivity contribution in [3.63, 3.8) is 0 Å². The summed E-state index contributed by atoms with van der Waals surface area (Å²) in [5.41, 5.74) is 2.59. The Morgan fingerprint density at radius 1 is 0.889 bits per heavy atom. The van der Waals surface area contributed by atoms with Gasteiger partial charge in [0, 0.05) is 39.0 Å². The van der Waals surface area contributed by atoms with Gasteiger partial charge in [0.25, 0.3) is 0 Å². The molecule has 0 spiro atoms. The van der Waals surface area contributed by atoms with Gasteiger partial charge < -0.3 is 30.2 Å². The lowest BCUT2D eigenvalue weighted by molar-refractivity contribution is 0.0256. The summed E-state index contributed by atoms with van der Waals surface area (Å²) in [6, 6.07) is 17.5. The molecule has 1 saturated heterocycles. The summed E-state index contributed by atoms with van der Waals surface area (Å²) < 4.78 is 16.7. The van der Waals surface area contributed by atoms with Gasteiger partial charge in [-0.1, -0.05) is 0 Å².